The molecule has 5 nitrogen and oxygen atoms in total. The third-order valence-corrected chi connectivity index (χ3v) is 7.96. The number of amides is 1. The number of hydrogen-bond acceptors (Lipinski definition) is 5. The van der Waals surface area contributed by atoms with Crippen LogP contribution < -0.4 is 5.32 Å². The van der Waals surface area contributed by atoms with Crippen molar-refractivity contribution in [3.63, 3.8) is 0 Å². The van der Waals surface area contributed by atoms with E-state index >= 15 is 0 Å². The Morgan fingerprint density at radius 3 is 2.44 bits per heavy atom. The van der Waals surface area contributed by atoms with Gasteiger partial charge >= 0.3 is 5.97 Å². The Bertz CT molecular complexity index is 996. The van der Waals surface area contributed by atoms with Crippen LogP contribution in [0.2, 0.25) is 0 Å². The first kappa shape index (κ1) is 30.3. The Labute approximate surface area is 225 Å². The Kier molecular flexibility index (Phi) is 12.9. The van der Waals surface area contributed by atoms with Crippen LogP contribution in [0.1, 0.15) is 55.1 Å². The average molecular weight is 531 g/mol. The Hall–Kier alpha value is -1.96. The van der Waals surface area contributed by atoms with E-state index in [9.17, 15) is 14.7 Å². The van der Waals surface area contributed by atoms with Gasteiger partial charge in [-0.3, -0.25) is 9.69 Å². The maximum absolute atomic E-state index is 13.3. The summed E-state index contributed by atoms with van der Waals surface area (Å²) in [6.07, 6.45) is 3.46. The molecule has 7 heteroatoms. The van der Waals surface area contributed by atoms with Gasteiger partial charge in [-0.05, 0) is 84.9 Å². The van der Waals surface area contributed by atoms with Gasteiger partial charge in [-0.15, -0.1) is 0 Å². The third-order valence-electron chi connectivity index (χ3n) is 6.29. The molecular weight excluding hydrogens is 488 g/mol. The summed E-state index contributed by atoms with van der Waals surface area (Å²) in [5, 5.41) is 12.4. The Morgan fingerprint density at radius 2 is 1.83 bits per heavy atom. The van der Waals surface area contributed by atoms with E-state index in [-0.39, 0.29) is 5.91 Å². The van der Waals surface area contributed by atoms with Crippen molar-refractivity contribution < 1.29 is 14.7 Å². The van der Waals surface area contributed by atoms with Crippen LogP contribution in [0.5, 0.6) is 0 Å². The molecule has 0 bridgehead atoms. The number of carbonyl (C=O) groups excluding carboxylic acids is 1. The number of carboxylic acid groups (broad SMARTS) is 1. The highest BCUT2D eigenvalue weighted by atomic mass is 32.2. The summed E-state index contributed by atoms with van der Waals surface area (Å²) in [6, 6.07) is 13.6. The van der Waals surface area contributed by atoms with E-state index in [1.807, 2.05) is 61.3 Å². The molecule has 0 spiro atoms. The van der Waals surface area contributed by atoms with Crippen LogP contribution in [-0.2, 0) is 11.3 Å². The van der Waals surface area contributed by atoms with Gasteiger partial charge < -0.3 is 10.4 Å². The normalized spacial score (nSPS) is 13.1. The molecule has 2 atom stereocenters. The molecule has 2 aromatic rings. The van der Waals surface area contributed by atoms with E-state index in [0.29, 0.717) is 29.7 Å². The highest BCUT2D eigenvalue weighted by Crippen LogP contribution is 2.29. The van der Waals surface area contributed by atoms with E-state index in [2.05, 4.69) is 44.1 Å². The number of thioether (sulfide) groups is 2. The minimum atomic E-state index is -1.01. The third kappa shape index (κ3) is 9.16. The maximum atomic E-state index is 13.3. The number of carboxylic acids is 1. The number of aryl methyl sites for hydroxylation is 1. The van der Waals surface area contributed by atoms with Gasteiger partial charge in [0.15, 0.2) is 0 Å². The number of rotatable bonds is 15. The van der Waals surface area contributed by atoms with Crippen molar-refractivity contribution in [3.05, 3.63) is 59.2 Å². The number of nitrogens with zero attached hydrogens (tertiary/aromatic N) is 1. The molecule has 0 saturated carbocycles. The van der Waals surface area contributed by atoms with Gasteiger partial charge in [0, 0.05) is 23.9 Å². The minimum absolute atomic E-state index is 0.348. The van der Waals surface area contributed by atoms with Gasteiger partial charge in [0.25, 0.3) is 5.91 Å². The molecule has 2 N–H and O–H groups in total. The first-order valence-electron chi connectivity index (χ1n) is 12.7. The van der Waals surface area contributed by atoms with Gasteiger partial charge in [0.1, 0.15) is 6.04 Å². The van der Waals surface area contributed by atoms with Gasteiger partial charge in [-0.2, -0.15) is 23.5 Å². The van der Waals surface area contributed by atoms with Crippen LogP contribution in [0.4, 0.5) is 0 Å². The van der Waals surface area contributed by atoms with E-state index in [1.54, 1.807) is 11.8 Å². The number of nitrogens with one attached hydrogen (secondary N) is 1. The summed E-state index contributed by atoms with van der Waals surface area (Å²) < 4.78 is 0. The molecule has 0 aromatic heterocycles. The number of carbonyl (C=O) groups is 2. The smallest absolute Gasteiger partial charge is 0.326 e. The van der Waals surface area contributed by atoms with Crippen molar-refractivity contribution >= 4 is 35.4 Å². The molecule has 2 aromatic carbocycles. The molecule has 0 fully saturated rings. The van der Waals surface area contributed by atoms with Crippen LogP contribution in [0.3, 0.4) is 0 Å². The highest BCUT2D eigenvalue weighted by Gasteiger charge is 2.23. The summed E-state index contributed by atoms with van der Waals surface area (Å²) in [4.78, 5) is 27.5. The molecule has 198 valence electrons. The van der Waals surface area contributed by atoms with Crippen LogP contribution in [0.15, 0.2) is 42.5 Å². The standard InChI is InChI=1S/C29H42N2O3S2/c1-7-36-19-23(16-20(2)3)31(5)18-22-12-13-25(26(17-22)24-11-9-8-10-21(24)4)28(32)30-27(29(33)34)14-15-35-6/h8-13,17,20,23,27H,7,14-16,18-19H2,1-6H3,(H,30,32)(H,33,34). The van der Waals surface area contributed by atoms with Crippen LogP contribution >= 0.6 is 23.5 Å². The summed E-state index contributed by atoms with van der Waals surface area (Å²) in [5.41, 5.74) is 4.55. The van der Waals surface area contributed by atoms with E-state index in [0.717, 1.165) is 46.7 Å². The van der Waals surface area contributed by atoms with Gasteiger partial charge in [-0.25, -0.2) is 4.79 Å². The second-order valence-electron chi connectivity index (χ2n) is 9.70. The van der Waals surface area contributed by atoms with Crippen molar-refractivity contribution in [2.24, 2.45) is 5.92 Å². The average Bonchev–Trinajstić information content (AvgIpc) is 2.84. The minimum Gasteiger partial charge on any atom is -0.480 e. The second kappa shape index (κ2) is 15.3. The maximum Gasteiger partial charge on any atom is 0.326 e. The largest absolute Gasteiger partial charge is 0.480 e. The molecule has 2 rings (SSSR count). The summed E-state index contributed by atoms with van der Waals surface area (Å²) in [5.74, 6) is 2.15. The Morgan fingerprint density at radius 1 is 1.11 bits per heavy atom. The lowest BCUT2D eigenvalue weighted by atomic mass is 9.93. The molecule has 0 heterocycles. The van der Waals surface area contributed by atoms with Crippen molar-refractivity contribution in [2.45, 2.75) is 59.2 Å². The number of benzene rings is 2. The predicted octanol–water partition coefficient (Wildman–Crippen LogP) is 6.20. The lowest BCUT2D eigenvalue weighted by molar-refractivity contribution is -0.139. The molecule has 36 heavy (non-hydrogen) atoms. The zero-order chi connectivity index (χ0) is 26.7. The lowest BCUT2D eigenvalue weighted by Gasteiger charge is -2.29. The number of hydrogen-bond donors (Lipinski definition) is 2. The summed E-state index contributed by atoms with van der Waals surface area (Å²) in [6.45, 7) is 9.56. The van der Waals surface area contributed by atoms with E-state index in [1.165, 1.54) is 0 Å². The van der Waals surface area contributed by atoms with Crippen LogP contribution in [0, 0.1) is 12.8 Å². The fourth-order valence-electron chi connectivity index (χ4n) is 4.31. The quantitative estimate of drug-likeness (QED) is 0.286. The van der Waals surface area contributed by atoms with Gasteiger partial charge in [-0.1, -0.05) is 51.1 Å². The molecule has 0 aliphatic rings. The topological polar surface area (TPSA) is 69.6 Å². The molecule has 0 aliphatic heterocycles. The first-order valence-corrected chi connectivity index (χ1v) is 15.2. The molecule has 0 radical (unpaired) electrons. The van der Waals surface area contributed by atoms with Crippen molar-refractivity contribution in [1.82, 2.24) is 10.2 Å². The first-order chi connectivity index (χ1) is 17.2. The zero-order valence-corrected chi connectivity index (χ0v) is 24.2. The van der Waals surface area contributed by atoms with Crippen molar-refractivity contribution in [1.29, 1.82) is 0 Å². The predicted molar refractivity (Wildman–Crippen MR) is 156 cm³/mol. The fourth-order valence-corrected chi connectivity index (χ4v) is 5.67. The summed E-state index contributed by atoms with van der Waals surface area (Å²) >= 11 is 3.54. The van der Waals surface area contributed by atoms with Crippen molar-refractivity contribution in [3.8, 4) is 11.1 Å². The molecule has 2 unspecified atom stereocenters. The second-order valence-corrected chi connectivity index (χ2v) is 12.0. The van der Waals surface area contributed by atoms with Crippen LogP contribution in [-0.4, -0.2) is 64.5 Å². The summed E-state index contributed by atoms with van der Waals surface area (Å²) in [7, 11) is 2.18. The SMILES string of the molecule is CCSCC(CC(C)C)N(C)Cc1ccc(C(=O)NC(CCSC)C(=O)O)c(-c2ccccc2C)c1. The highest BCUT2D eigenvalue weighted by molar-refractivity contribution is 7.99. The zero-order valence-electron chi connectivity index (χ0n) is 22.5. The van der Waals surface area contributed by atoms with Crippen molar-refractivity contribution in [2.75, 3.05) is 30.6 Å². The molecule has 1 amide bonds. The molecular formula is C29H42N2O3S2. The van der Waals surface area contributed by atoms with Gasteiger partial charge in [0.2, 0.25) is 0 Å². The Balaban J connectivity index is 2.40. The number of aliphatic carboxylic acids is 1. The fraction of sp³-hybridized carbons (Fsp3) is 0.517. The lowest BCUT2D eigenvalue weighted by Crippen LogP contribution is -2.41. The molecule has 0 aliphatic carbocycles. The van der Waals surface area contributed by atoms with E-state index in [4.69, 9.17) is 0 Å². The molecule has 0 saturated heterocycles. The van der Waals surface area contributed by atoms with E-state index < -0.39 is 12.0 Å². The van der Waals surface area contributed by atoms with Crippen LogP contribution in [0.25, 0.3) is 11.1 Å². The monoisotopic (exact) mass is 530 g/mol. The van der Waals surface area contributed by atoms with Gasteiger partial charge in [0.05, 0.1) is 0 Å².